The molecule has 2 aromatic carbocycles. The third kappa shape index (κ3) is 4.79. The van der Waals surface area contributed by atoms with E-state index >= 15 is 0 Å². The highest BCUT2D eigenvalue weighted by Gasteiger charge is 2.51. The van der Waals surface area contributed by atoms with Crippen LogP contribution in [0, 0.1) is 12.7 Å². The molecule has 0 radical (unpaired) electrons. The van der Waals surface area contributed by atoms with Crippen LogP contribution < -0.4 is 15.4 Å². The molecule has 0 spiro atoms. The van der Waals surface area contributed by atoms with E-state index in [0.717, 1.165) is 22.8 Å². The maximum absolute atomic E-state index is 13.5. The van der Waals surface area contributed by atoms with Crippen molar-refractivity contribution in [3.8, 4) is 5.75 Å². The molecule has 2 aromatic rings. The molecule has 0 aromatic heterocycles. The Bertz CT molecular complexity index is 1090. The predicted molar refractivity (Wildman–Crippen MR) is 118 cm³/mol. The molecule has 168 valence electrons. The van der Waals surface area contributed by atoms with Crippen molar-refractivity contribution in [1.82, 2.24) is 10.6 Å². The van der Waals surface area contributed by atoms with Gasteiger partial charge in [0.25, 0.3) is 5.91 Å². The van der Waals surface area contributed by atoms with Gasteiger partial charge in [-0.3, -0.25) is 9.59 Å². The first-order valence-electron chi connectivity index (χ1n) is 10.4. The van der Waals surface area contributed by atoms with E-state index in [4.69, 9.17) is 16.3 Å². The van der Waals surface area contributed by atoms with Crippen LogP contribution in [0.25, 0.3) is 0 Å². The minimum absolute atomic E-state index is 0.0237. The van der Waals surface area contributed by atoms with Crippen LogP contribution in [0.3, 0.4) is 0 Å². The summed E-state index contributed by atoms with van der Waals surface area (Å²) in [7, 11) is 0. The van der Waals surface area contributed by atoms with E-state index in [1.54, 1.807) is 0 Å². The van der Waals surface area contributed by atoms with Crippen molar-refractivity contribution in [2.45, 2.75) is 44.4 Å². The number of aliphatic hydroxyl groups excluding tert-OH is 1. The zero-order chi connectivity index (χ0) is 22.9. The zero-order valence-corrected chi connectivity index (χ0v) is 18.3. The van der Waals surface area contributed by atoms with E-state index < -0.39 is 17.5 Å². The van der Waals surface area contributed by atoms with E-state index in [0.29, 0.717) is 25.0 Å². The Balaban J connectivity index is 1.31. The molecule has 0 aliphatic heterocycles. The summed E-state index contributed by atoms with van der Waals surface area (Å²) in [5, 5.41) is 16.3. The highest BCUT2D eigenvalue weighted by Crippen LogP contribution is 2.48. The van der Waals surface area contributed by atoms with Crippen LogP contribution in [0.5, 0.6) is 5.75 Å². The Kier molecular flexibility index (Phi) is 6.22. The Labute approximate surface area is 190 Å². The van der Waals surface area contributed by atoms with Crippen LogP contribution in [0.2, 0.25) is 5.02 Å². The molecule has 0 heterocycles. The summed E-state index contributed by atoms with van der Waals surface area (Å²) in [4.78, 5) is 25.0. The van der Waals surface area contributed by atoms with Crippen LogP contribution in [0.1, 0.15) is 30.4 Å². The van der Waals surface area contributed by atoms with Crippen LogP contribution in [-0.4, -0.2) is 35.2 Å². The van der Waals surface area contributed by atoms with Gasteiger partial charge in [-0.05, 0) is 37.5 Å². The van der Waals surface area contributed by atoms with Crippen molar-refractivity contribution >= 4 is 23.4 Å². The Morgan fingerprint density at radius 2 is 2.03 bits per heavy atom. The van der Waals surface area contributed by atoms with Crippen molar-refractivity contribution in [1.29, 1.82) is 0 Å². The third-order valence-corrected chi connectivity index (χ3v) is 6.15. The van der Waals surface area contributed by atoms with Gasteiger partial charge in [0.05, 0.1) is 16.7 Å². The minimum Gasteiger partial charge on any atom is -0.484 e. The van der Waals surface area contributed by atoms with Crippen molar-refractivity contribution in [2.75, 3.05) is 6.61 Å². The average molecular weight is 459 g/mol. The first kappa shape index (κ1) is 22.3. The Morgan fingerprint density at radius 3 is 2.72 bits per heavy atom. The monoisotopic (exact) mass is 458 g/mol. The number of hydrogen-bond acceptors (Lipinski definition) is 4. The molecular formula is C24H24ClFN2O4. The van der Waals surface area contributed by atoms with E-state index in [1.165, 1.54) is 12.1 Å². The van der Waals surface area contributed by atoms with Crippen LogP contribution in [0.15, 0.2) is 53.6 Å². The first-order chi connectivity index (χ1) is 15.2. The molecule has 2 bridgehead atoms. The van der Waals surface area contributed by atoms with E-state index in [1.807, 2.05) is 31.2 Å². The van der Waals surface area contributed by atoms with Gasteiger partial charge in [0.1, 0.15) is 11.6 Å². The van der Waals surface area contributed by atoms with Gasteiger partial charge < -0.3 is 20.5 Å². The quantitative estimate of drug-likeness (QED) is 0.594. The Morgan fingerprint density at radius 1 is 1.25 bits per heavy atom. The first-order valence-corrected chi connectivity index (χ1v) is 10.7. The highest BCUT2D eigenvalue weighted by molar-refractivity contribution is 6.30. The van der Waals surface area contributed by atoms with Gasteiger partial charge in [-0.15, -0.1) is 0 Å². The number of benzene rings is 2. The SMILES string of the molecule is Cc1cccc(CNC(=O)C2=C3CC(NC(=O)COc4ccc(Cl)c(F)c4)(C3)CC2O)c1. The average Bonchev–Trinajstić information content (AvgIpc) is 2.72. The molecule has 1 saturated carbocycles. The molecule has 8 heteroatoms. The lowest BCUT2D eigenvalue weighted by atomic mass is 9.61. The number of aliphatic hydroxyl groups is 1. The fraction of sp³-hybridized carbons (Fsp3) is 0.333. The number of carbonyl (C=O) groups is 2. The fourth-order valence-corrected chi connectivity index (χ4v) is 4.52. The second-order valence-electron chi connectivity index (χ2n) is 8.46. The number of hydrogen-bond donors (Lipinski definition) is 3. The fourth-order valence-electron chi connectivity index (χ4n) is 4.41. The molecule has 1 fully saturated rings. The molecule has 32 heavy (non-hydrogen) atoms. The normalized spacial score (nSPS) is 21.6. The molecule has 3 aliphatic rings. The van der Waals surface area contributed by atoms with Gasteiger partial charge in [0, 0.05) is 24.6 Å². The van der Waals surface area contributed by atoms with Gasteiger partial charge >= 0.3 is 0 Å². The van der Waals surface area contributed by atoms with Crippen molar-refractivity contribution in [3.05, 3.63) is 75.6 Å². The summed E-state index contributed by atoms with van der Waals surface area (Å²) >= 11 is 5.63. The van der Waals surface area contributed by atoms with Crippen LogP contribution in [-0.2, 0) is 16.1 Å². The number of nitrogens with one attached hydrogen (secondary N) is 2. The lowest BCUT2D eigenvalue weighted by molar-refractivity contribution is -0.126. The number of fused-ring (bicyclic) bond motifs is 2. The smallest absolute Gasteiger partial charge is 0.258 e. The molecule has 5 rings (SSSR count). The number of ether oxygens (including phenoxy) is 1. The van der Waals surface area contributed by atoms with Crippen LogP contribution in [0.4, 0.5) is 4.39 Å². The third-order valence-electron chi connectivity index (χ3n) is 5.85. The number of amides is 2. The van der Waals surface area contributed by atoms with Crippen molar-refractivity contribution in [2.24, 2.45) is 0 Å². The van der Waals surface area contributed by atoms with E-state index in [2.05, 4.69) is 10.6 Å². The molecule has 1 unspecified atom stereocenters. The molecule has 0 saturated heterocycles. The maximum Gasteiger partial charge on any atom is 0.258 e. The number of carbonyl (C=O) groups excluding carboxylic acids is 2. The molecule has 1 atom stereocenters. The second kappa shape index (κ2) is 8.92. The highest BCUT2D eigenvalue weighted by atomic mass is 35.5. The number of aryl methyl sites for hydroxylation is 1. The summed E-state index contributed by atoms with van der Waals surface area (Å²) < 4.78 is 18.8. The van der Waals surface area contributed by atoms with E-state index in [9.17, 15) is 19.1 Å². The van der Waals surface area contributed by atoms with Gasteiger partial charge in [-0.25, -0.2) is 4.39 Å². The topological polar surface area (TPSA) is 87.7 Å². The standard InChI is InChI=1S/C24H24ClFN2O4/c1-14-3-2-4-15(7-14)12-27-23(31)22-16-9-24(10-16,11-20(22)29)28-21(30)13-32-17-5-6-18(25)19(26)8-17/h2-8,20,29H,9-13H2,1H3,(H,27,31)(H,28,30). The summed E-state index contributed by atoms with van der Waals surface area (Å²) in [5.41, 5.74) is 2.78. The summed E-state index contributed by atoms with van der Waals surface area (Å²) in [6.45, 7) is 2.08. The second-order valence-corrected chi connectivity index (χ2v) is 8.86. The molecule has 3 aliphatic carbocycles. The number of rotatable bonds is 7. The lowest BCUT2D eigenvalue weighted by Gasteiger charge is -2.51. The van der Waals surface area contributed by atoms with E-state index in [-0.39, 0.29) is 35.6 Å². The summed E-state index contributed by atoms with van der Waals surface area (Å²) in [5.74, 6) is -1.08. The molecular weight excluding hydrogens is 435 g/mol. The predicted octanol–water partition coefficient (Wildman–Crippen LogP) is 3.19. The maximum atomic E-state index is 13.5. The number of halogens is 2. The summed E-state index contributed by atoms with van der Waals surface area (Å²) in [6.07, 6.45) is 0.332. The van der Waals surface area contributed by atoms with Gasteiger partial charge in [0.2, 0.25) is 5.91 Å². The molecule has 3 N–H and O–H groups in total. The molecule has 2 amide bonds. The van der Waals surface area contributed by atoms with Gasteiger partial charge in [-0.2, -0.15) is 0 Å². The summed E-state index contributed by atoms with van der Waals surface area (Å²) in [6, 6.07) is 11.8. The lowest BCUT2D eigenvalue weighted by Crippen LogP contribution is -2.61. The van der Waals surface area contributed by atoms with Gasteiger partial charge in [0.15, 0.2) is 6.61 Å². The van der Waals surface area contributed by atoms with Gasteiger partial charge in [-0.1, -0.05) is 47.0 Å². The largest absolute Gasteiger partial charge is 0.484 e. The van der Waals surface area contributed by atoms with Crippen LogP contribution >= 0.6 is 11.6 Å². The minimum atomic E-state index is -0.948. The van der Waals surface area contributed by atoms with Crippen molar-refractivity contribution in [3.63, 3.8) is 0 Å². The zero-order valence-electron chi connectivity index (χ0n) is 17.6. The molecule has 6 nitrogen and oxygen atoms in total. The Hall–Kier alpha value is -2.90. The van der Waals surface area contributed by atoms with Crippen molar-refractivity contribution < 1.29 is 23.8 Å².